The highest BCUT2D eigenvalue weighted by Crippen LogP contribution is 2.20. The first-order valence-electron chi connectivity index (χ1n) is 6.32. The second kappa shape index (κ2) is 5.47. The second-order valence-corrected chi connectivity index (χ2v) is 5.11. The van der Waals surface area contributed by atoms with Crippen molar-refractivity contribution < 1.29 is 9.63 Å². The van der Waals surface area contributed by atoms with Crippen molar-refractivity contribution in [3.05, 3.63) is 70.2 Å². The molecule has 0 radical (unpaired) electrons. The smallest absolute Gasteiger partial charge is 0.313 e. The molecule has 0 spiro atoms. The summed E-state index contributed by atoms with van der Waals surface area (Å²) in [5.41, 5.74) is 3.74. The van der Waals surface area contributed by atoms with E-state index in [0.717, 1.165) is 18.6 Å². The van der Waals surface area contributed by atoms with Gasteiger partial charge in [0.2, 0.25) is 0 Å². The SMILES string of the molecule is O=C(ON=C1Cc2ccccc2C1)c1cccc(Cl)c1. The average Bonchev–Trinajstić information content (AvgIpc) is 2.87. The molecule has 0 N–H and O–H groups in total. The fourth-order valence-corrected chi connectivity index (χ4v) is 2.43. The van der Waals surface area contributed by atoms with Crippen LogP contribution in [0.2, 0.25) is 5.02 Å². The molecule has 0 aliphatic heterocycles. The zero-order valence-corrected chi connectivity index (χ0v) is 11.4. The van der Waals surface area contributed by atoms with Crippen molar-refractivity contribution in [3.8, 4) is 0 Å². The van der Waals surface area contributed by atoms with Crippen LogP contribution in [0.4, 0.5) is 0 Å². The number of rotatable bonds is 2. The standard InChI is InChI=1S/C16H12ClNO2/c17-14-7-3-6-13(8-14)16(19)20-18-15-9-11-4-1-2-5-12(11)10-15/h1-8H,9-10H2. The fourth-order valence-electron chi connectivity index (χ4n) is 2.24. The highest BCUT2D eigenvalue weighted by atomic mass is 35.5. The van der Waals surface area contributed by atoms with Crippen LogP contribution in [0.5, 0.6) is 0 Å². The summed E-state index contributed by atoms with van der Waals surface area (Å²) in [6.45, 7) is 0. The third-order valence-corrected chi connectivity index (χ3v) is 3.46. The van der Waals surface area contributed by atoms with Crippen LogP contribution in [-0.2, 0) is 17.7 Å². The van der Waals surface area contributed by atoms with Crippen LogP contribution in [0, 0.1) is 0 Å². The van der Waals surface area contributed by atoms with E-state index in [-0.39, 0.29) is 0 Å². The summed E-state index contributed by atoms with van der Waals surface area (Å²) in [7, 11) is 0. The Kier molecular flexibility index (Phi) is 3.52. The van der Waals surface area contributed by atoms with Gasteiger partial charge in [-0.25, -0.2) is 4.79 Å². The molecular weight excluding hydrogens is 274 g/mol. The van der Waals surface area contributed by atoms with Crippen molar-refractivity contribution in [3.63, 3.8) is 0 Å². The molecule has 0 atom stereocenters. The van der Waals surface area contributed by atoms with Gasteiger partial charge in [-0.2, -0.15) is 0 Å². The van der Waals surface area contributed by atoms with Gasteiger partial charge in [-0.05, 0) is 29.3 Å². The molecule has 0 saturated carbocycles. The molecule has 0 aromatic heterocycles. The second-order valence-electron chi connectivity index (χ2n) is 4.67. The van der Waals surface area contributed by atoms with E-state index in [2.05, 4.69) is 17.3 Å². The molecule has 0 heterocycles. The summed E-state index contributed by atoms with van der Waals surface area (Å²) in [5, 5.41) is 4.47. The van der Waals surface area contributed by atoms with Crippen LogP contribution < -0.4 is 0 Å². The van der Waals surface area contributed by atoms with E-state index in [1.807, 2.05) is 12.1 Å². The quantitative estimate of drug-likeness (QED) is 0.624. The Hall–Kier alpha value is -2.13. The van der Waals surface area contributed by atoms with E-state index >= 15 is 0 Å². The van der Waals surface area contributed by atoms with E-state index in [1.165, 1.54) is 11.1 Å². The Bertz CT molecular complexity index is 667. The normalized spacial score (nSPS) is 12.9. The molecule has 2 aromatic carbocycles. The number of oxime groups is 1. The highest BCUT2D eigenvalue weighted by Gasteiger charge is 2.17. The van der Waals surface area contributed by atoms with Gasteiger partial charge >= 0.3 is 5.97 Å². The molecule has 0 amide bonds. The summed E-state index contributed by atoms with van der Waals surface area (Å²) in [6, 6.07) is 14.8. The summed E-state index contributed by atoms with van der Waals surface area (Å²) < 4.78 is 0. The van der Waals surface area contributed by atoms with E-state index in [1.54, 1.807) is 24.3 Å². The van der Waals surface area contributed by atoms with E-state index in [9.17, 15) is 4.79 Å². The molecule has 0 bridgehead atoms. The molecule has 1 aliphatic carbocycles. The summed E-state index contributed by atoms with van der Waals surface area (Å²) in [5.74, 6) is -0.490. The van der Waals surface area contributed by atoms with Crippen molar-refractivity contribution in [2.24, 2.45) is 5.16 Å². The van der Waals surface area contributed by atoms with Gasteiger partial charge in [0, 0.05) is 17.9 Å². The first kappa shape index (κ1) is 12.9. The zero-order valence-electron chi connectivity index (χ0n) is 10.7. The first-order chi connectivity index (χ1) is 9.72. The Labute approximate surface area is 121 Å². The predicted molar refractivity (Wildman–Crippen MR) is 78.2 cm³/mol. The molecule has 2 aromatic rings. The average molecular weight is 286 g/mol. The van der Waals surface area contributed by atoms with Crippen LogP contribution in [0.3, 0.4) is 0 Å². The predicted octanol–water partition coefficient (Wildman–Crippen LogP) is 3.65. The molecule has 1 aliphatic rings. The minimum Gasteiger partial charge on any atom is -0.313 e. The van der Waals surface area contributed by atoms with E-state index in [4.69, 9.17) is 16.4 Å². The van der Waals surface area contributed by atoms with Crippen LogP contribution in [0.1, 0.15) is 21.5 Å². The lowest BCUT2D eigenvalue weighted by Gasteiger charge is -1.99. The molecule has 0 saturated heterocycles. The van der Waals surface area contributed by atoms with Crippen molar-refractivity contribution in [2.75, 3.05) is 0 Å². The van der Waals surface area contributed by atoms with Crippen molar-refractivity contribution >= 4 is 23.3 Å². The van der Waals surface area contributed by atoms with Gasteiger partial charge in [0.1, 0.15) is 0 Å². The largest absolute Gasteiger partial charge is 0.365 e. The van der Waals surface area contributed by atoms with Crippen LogP contribution >= 0.6 is 11.6 Å². The minimum atomic E-state index is -0.490. The molecule has 4 heteroatoms. The van der Waals surface area contributed by atoms with Gasteiger partial charge in [-0.1, -0.05) is 47.1 Å². The third-order valence-electron chi connectivity index (χ3n) is 3.23. The maximum absolute atomic E-state index is 11.8. The number of nitrogens with zero attached hydrogens (tertiary/aromatic N) is 1. The Morgan fingerprint density at radius 3 is 2.40 bits per heavy atom. The number of hydrogen-bond acceptors (Lipinski definition) is 3. The lowest BCUT2D eigenvalue weighted by Crippen LogP contribution is -2.05. The molecule has 100 valence electrons. The zero-order chi connectivity index (χ0) is 13.9. The van der Waals surface area contributed by atoms with E-state index in [0.29, 0.717) is 10.6 Å². The maximum Gasteiger partial charge on any atom is 0.365 e. The Morgan fingerprint density at radius 2 is 1.75 bits per heavy atom. The maximum atomic E-state index is 11.8. The van der Waals surface area contributed by atoms with Crippen LogP contribution in [-0.4, -0.2) is 11.7 Å². The Balaban J connectivity index is 1.69. The topological polar surface area (TPSA) is 38.7 Å². The van der Waals surface area contributed by atoms with Gasteiger partial charge in [-0.15, -0.1) is 0 Å². The van der Waals surface area contributed by atoms with Gasteiger partial charge < -0.3 is 4.84 Å². The van der Waals surface area contributed by atoms with Crippen LogP contribution in [0.15, 0.2) is 53.7 Å². The molecule has 3 rings (SSSR count). The third kappa shape index (κ3) is 2.73. The van der Waals surface area contributed by atoms with Crippen LogP contribution in [0.25, 0.3) is 0 Å². The molecule has 20 heavy (non-hydrogen) atoms. The van der Waals surface area contributed by atoms with E-state index < -0.39 is 5.97 Å². The highest BCUT2D eigenvalue weighted by molar-refractivity contribution is 6.30. The number of carbonyl (C=O) groups excluding carboxylic acids is 1. The van der Waals surface area contributed by atoms with Crippen molar-refractivity contribution in [2.45, 2.75) is 12.8 Å². The van der Waals surface area contributed by atoms with Gasteiger partial charge in [0.25, 0.3) is 0 Å². The molecule has 0 unspecified atom stereocenters. The number of benzene rings is 2. The number of carbonyl (C=O) groups is 1. The lowest BCUT2D eigenvalue weighted by molar-refractivity contribution is 0.0515. The number of hydrogen-bond donors (Lipinski definition) is 0. The summed E-state index contributed by atoms with van der Waals surface area (Å²) >= 11 is 5.83. The summed E-state index contributed by atoms with van der Waals surface area (Å²) in [4.78, 5) is 16.8. The van der Waals surface area contributed by atoms with Crippen molar-refractivity contribution in [1.29, 1.82) is 0 Å². The first-order valence-corrected chi connectivity index (χ1v) is 6.69. The lowest BCUT2D eigenvalue weighted by atomic mass is 10.1. The molecule has 3 nitrogen and oxygen atoms in total. The monoisotopic (exact) mass is 285 g/mol. The van der Waals surface area contributed by atoms with Crippen molar-refractivity contribution in [1.82, 2.24) is 0 Å². The molecular formula is C16H12ClNO2. The Morgan fingerprint density at radius 1 is 1.05 bits per heavy atom. The van der Waals surface area contributed by atoms with Gasteiger partial charge in [0.05, 0.1) is 11.3 Å². The minimum absolute atomic E-state index is 0.400. The number of halogens is 1. The summed E-state index contributed by atoms with van der Waals surface area (Å²) in [6.07, 6.45) is 1.47. The molecule has 0 fully saturated rings. The number of fused-ring (bicyclic) bond motifs is 1. The fraction of sp³-hybridized carbons (Fsp3) is 0.125. The van der Waals surface area contributed by atoms with Gasteiger partial charge in [-0.3, -0.25) is 0 Å². The van der Waals surface area contributed by atoms with Gasteiger partial charge in [0.15, 0.2) is 0 Å².